The van der Waals surface area contributed by atoms with Crippen molar-refractivity contribution < 1.29 is 4.42 Å². The molecule has 1 heteroatoms. The number of hydrogen-bond acceptors (Lipinski definition) is 1. The third-order valence-electron chi connectivity index (χ3n) is 3.69. The van der Waals surface area contributed by atoms with Crippen LogP contribution in [0.1, 0.15) is 38.2 Å². The van der Waals surface area contributed by atoms with Crippen LogP contribution >= 0.6 is 0 Å². The van der Waals surface area contributed by atoms with Gasteiger partial charge in [0, 0.05) is 10.8 Å². The van der Waals surface area contributed by atoms with Crippen molar-refractivity contribution in [2.75, 3.05) is 0 Å². The Morgan fingerprint density at radius 3 is 2.61 bits per heavy atom. The van der Waals surface area contributed by atoms with Crippen molar-refractivity contribution >= 4 is 21.9 Å². The fraction of sp³-hybridized carbons (Fsp3) is 0.294. The largest absolute Gasteiger partial charge is 0.456 e. The molecule has 0 spiro atoms. The fourth-order valence-electron chi connectivity index (χ4n) is 2.80. The van der Waals surface area contributed by atoms with Gasteiger partial charge in [0.1, 0.15) is 11.2 Å². The molecule has 2 aromatic carbocycles. The topological polar surface area (TPSA) is 13.1 Å². The second kappa shape index (κ2) is 4.49. The van der Waals surface area contributed by atoms with E-state index in [1.807, 2.05) is 12.1 Å². The summed E-state index contributed by atoms with van der Waals surface area (Å²) < 4.78 is 5.92. The zero-order valence-electron chi connectivity index (χ0n) is 10.9. The van der Waals surface area contributed by atoms with E-state index in [1.54, 1.807) is 0 Å². The Hall–Kier alpha value is -1.76. The lowest BCUT2D eigenvalue weighted by molar-refractivity contribution is 0.659. The van der Waals surface area contributed by atoms with E-state index in [1.165, 1.54) is 29.2 Å². The van der Waals surface area contributed by atoms with E-state index >= 15 is 0 Å². The maximum atomic E-state index is 5.92. The van der Waals surface area contributed by atoms with Crippen molar-refractivity contribution in [3.8, 4) is 0 Å². The minimum atomic E-state index is 0.583. The summed E-state index contributed by atoms with van der Waals surface area (Å²) in [4.78, 5) is 0. The number of benzene rings is 2. The summed E-state index contributed by atoms with van der Waals surface area (Å²) in [6, 6.07) is 14.7. The van der Waals surface area contributed by atoms with E-state index < -0.39 is 0 Å². The van der Waals surface area contributed by atoms with Gasteiger partial charge in [-0.2, -0.15) is 0 Å². The molecule has 0 saturated carbocycles. The van der Waals surface area contributed by atoms with Crippen LogP contribution in [0.25, 0.3) is 21.9 Å². The number of furan rings is 1. The molecular formula is C17H18O. The smallest absolute Gasteiger partial charge is 0.135 e. The Kier molecular flexibility index (Phi) is 2.83. The molecule has 0 N–H and O–H groups in total. The van der Waals surface area contributed by atoms with Crippen molar-refractivity contribution in [1.29, 1.82) is 0 Å². The predicted molar refractivity (Wildman–Crippen MR) is 77.0 cm³/mol. The first-order valence-corrected chi connectivity index (χ1v) is 6.71. The van der Waals surface area contributed by atoms with Crippen LogP contribution < -0.4 is 0 Å². The zero-order valence-corrected chi connectivity index (χ0v) is 10.9. The Balaban J connectivity index is 2.31. The molecule has 0 aliphatic rings. The van der Waals surface area contributed by atoms with Gasteiger partial charge in [-0.25, -0.2) is 0 Å². The highest BCUT2D eigenvalue weighted by atomic mass is 16.3. The molecule has 0 bridgehead atoms. The first-order chi connectivity index (χ1) is 8.81. The minimum absolute atomic E-state index is 0.583. The Labute approximate surface area is 107 Å². The van der Waals surface area contributed by atoms with Crippen molar-refractivity contribution in [2.45, 2.75) is 32.6 Å². The van der Waals surface area contributed by atoms with Crippen LogP contribution in [0.3, 0.4) is 0 Å². The Bertz CT molecular complexity index is 678. The molecule has 0 amide bonds. The highest BCUT2D eigenvalue weighted by molar-refractivity contribution is 6.06. The maximum Gasteiger partial charge on any atom is 0.135 e. The first kappa shape index (κ1) is 11.3. The molecule has 0 radical (unpaired) electrons. The molecule has 0 aliphatic heterocycles. The summed E-state index contributed by atoms with van der Waals surface area (Å²) in [5, 5.41) is 2.54. The van der Waals surface area contributed by atoms with E-state index in [2.05, 4.69) is 44.2 Å². The highest BCUT2D eigenvalue weighted by Crippen LogP contribution is 2.35. The summed E-state index contributed by atoms with van der Waals surface area (Å²) in [5.41, 5.74) is 3.42. The molecule has 1 aromatic heterocycles. The van der Waals surface area contributed by atoms with Gasteiger partial charge in [-0.1, -0.05) is 50.6 Å². The number of para-hydroxylation sites is 1. The lowest BCUT2D eigenvalue weighted by Crippen LogP contribution is -1.93. The molecule has 3 rings (SSSR count). The van der Waals surface area contributed by atoms with Crippen molar-refractivity contribution in [1.82, 2.24) is 0 Å². The molecular weight excluding hydrogens is 220 g/mol. The standard InChI is InChI=1S/C17H18O/c1-3-7-12(2)13-9-6-11-16-17(13)14-8-4-5-10-15(14)18-16/h4-6,8-12H,3,7H2,1-2H3. The van der Waals surface area contributed by atoms with Crippen molar-refractivity contribution in [3.63, 3.8) is 0 Å². The van der Waals surface area contributed by atoms with Gasteiger partial charge < -0.3 is 4.42 Å². The lowest BCUT2D eigenvalue weighted by atomic mass is 9.92. The molecule has 1 heterocycles. The average molecular weight is 238 g/mol. The predicted octanol–water partition coefficient (Wildman–Crippen LogP) is 5.49. The molecule has 92 valence electrons. The van der Waals surface area contributed by atoms with Crippen LogP contribution in [0, 0.1) is 0 Å². The maximum absolute atomic E-state index is 5.92. The SMILES string of the molecule is CCCC(C)c1cccc2oc3ccccc3c12. The van der Waals surface area contributed by atoms with Crippen LogP contribution in [0.4, 0.5) is 0 Å². The number of hydrogen-bond donors (Lipinski definition) is 0. The van der Waals surface area contributed by atoms with Gasteiger partial charge in [0.2, 0.25) is 0 Å². The van der Waals surface area contributed by atoms with Crippen molar-refractivity contribution in [2.24, 2.45) is 0 Å². The summed E-state index contributed by atoms with van der Waals surface area (Å²) in [6.07, 6.45) is 2.44. The normalized spacial score (nSPS) is 13.2. The molecule has 3 aromatic rings. The van der Waals surface area contributed by atoms with E-state index in [-0.39, 0.29) is 0 Å². The van der Waals surface area contributed by atoms with Crippen LogP contribution in [-0.2, 0) is 0 Å². The second-order valence-electron chi connectivity index (χ2n) is 5.01. The van der Waals surface area contributed by atoms with Crippen molar-refractivity contribution in [3.05, 3.63) is 48.0 Å². The van der Waals surface area contributed by atoms with Crippen LogP contribution in [0.5, 0.6) is 0 Å². The minimum Gasteiger partial charge on any atom is -0.456 e. The Morgan fingerprint density at radius 2 is 1.78 bits per heavy atom. The van der Waals surface area contributed by atoms with E-state index in [9.17, 15) is 0 Å². The summed E-state index contributed by atoms with van der Waals surface area (Å²) >= 11 is 0. The molecule has 0 aliphatic carbocycles. The number of fused-ring (bicyclic) bond motifs is 3. The molecule has 1 atom stereocenters. The zero-order chi connectivity index (χ0) is 12.5. The quantitative estimate of drug-likeness (QED) is 0.588. The third-order valence-corrected chi connectivity index (χ3v) is 3.69. The number of rotatable bonds is 3. The lowest BCUT2D eigenvalue weighted by Gasteiger charge is -2.11. The molecule has 18 heavy (non-hydrogen) atoms. The molecule has 1 nitrogen and oxygen atoms in total. The fourth-order valence-corrected chi connectivity index (χ4v) is 2.80. The van der Waals surface area contributed by atoms with Gasteiger partial charge in [-0.3, -0.25) is 0 Å². The monoisotopic (exact) mass is 238 g/mol. The van der Waals surface area contributed by atoms with Gasteiger partial charge in [-0.05, 0) is 30.0 Å². The van der Waals surface area contributed by atoms with Crippen LogP contribution in [-0.4, -0.2) is 0 Å². The van der Waals surface area contributed by atoms with E-state index in [0.29, 0.717) is 5.92 Å². The van der Waals surface area contributed by atoms with Gasteiger partial charge in [0.15, 0.2) is 0 Å². The summed E-state index contributed by atoms with van der Waals surface area (Å²) in [6.45, 7) is 4.55. The third kappa shape index (κ3) is 1.71. The Morgan fingerprint density at radius 1 is 1.00 bits per heavy atom. The van der Waals surface area contributed by atoms with E-state index in [4.69, 9.17) is 4.42 Å². The van der Waals surface area contributed by atoms with Crippen LogP contribution in [0.2, 0.25) is 0 Å². The molecule has 0 fully saturated rings. The summed E-state index contributed by atoms with van der Waals surface area (Å²) in [7, 11) is 0. The van der Waals surface area contributed by atoms with Gasteiger partial charge >= 0.3 is 0 Å². The summed E-state index contributed by atoms with van der Waals surface area (Å²) in [5.74, 6) is 0.583. The van der Waals surface area contributed by atoms with Gasteiger partial charge in [0.05, 0.1) is 0 Å². The highest BCUT2D eigenvalue weighted by Gasteiger charge is 2.14. The second-order valence-corrected chi connectivity index (χ2v) is 5.01. The average Bonchev–Trinajstić information content (AvgIpc) is 2.77. The molecule has 0 saturated heterocycles. The van der Waals surface area contributed by atoms with E-state index in [0.717, 1.165) is 11.2 Å². The van der Waals surface area contributed by atoms with Gasteiger partial charge in [0.25, 0.3) is 0 Å². The van der Waals surface area contributed by atoms with Crippen LogP contribution in [0.15, 0.2) is 46.9 Å². The first-order valence-electron chi connectivity index (χ1n) is 6.71. The molecule has 1 unspecified atom stereocenters. The van der Waals surface area contributed by atoms with Gasteiger partial charge in [-0.15, -0.1) is 0 Å².